The van der Waals surface area contributed by atoms with Crippen LogP contribution in [0.25, 0.3) is 0 Å². The highest BCUT2D eigenvalue weighted by molar-refractivity contribution is 5.95. The summed E-state index contributed by atoms with van der Waals surface area (Å²) in [6.07, 6.45) is 0.511. The van der Waals surface area contributed by atoms with Crippen LogP contribution in [-0.2, 0) is 7.05 Å². The van der Waals surface area contributed by atoms with Gasteiger partial charge in [0.15, 0.2) is 11.5 Å². The number of hydrogen-bond donors (Lipinski definition) is 0. The van der Waals surface area contributed by atoms with E-state index in [9.17, 15) is 9.59 Å². The Kier molecular flexibility index (Phi) is 6.00. The van der Waals surface area contributed by atoms with E-state index in [2.05, 4.69) is 0 Å². The fraction of sp³-hybridized carbons (Fsp3) is 0.429. The quantitative estimate of drug-likeness (QED) is 0.736. The Morgan fingerprint density at radius 1 is 1.03 bits per heavy atom. The number of carbonyl (C=O) groups is 1. The lowest BCUT2D eigenvalue weighted by Gasteiger charge is -2.19. The van der Waals surface area contributed by atoms with E-state index >= 15 is 0 Å². The number of nitrogens with zero attached hydrogens (tertiary/aromatic N) is 2. The molecule has 0 N–H and O–H groups in total. The van der Waals surface area contributed by atoms with Crippen LogP contribution >= 0.6 is 0 Å². The zero-order valence-electron chi connectivity index (χ0n) is 17.4. The number of benzene rings is 1. The summed E-state index contributed by atoms with van der Waals surface area (Å²) >= 11 is 0. The minimum atomic E-state index is -0.174. The normalized spacial score (nSPS) is 15.9. The summed E-state index contributed by atoms with van der Waals surface area (Å²) < 4.78 is 23.5. The van der Waals surface area contributed by atoms with Crippen LogP contribution in [0.4, 0.5) is 0 Å². The Bertz CT molecular complexity index is 943. The highest BCUT2D eigenvalue weighted by atomic mass is 16.5. The Morgan fingerprint density at radius 3 is 2.24 bits per heavy atom. The number of amides is 1. The number of ether oxygens (including phenoxy) is 4. The number of aryl methyl sites for hydroxylation is 1. The van der Waals surface area contributed by atoms with Gasteiger partial charge in [-0.3, -0.25) is 9.59 Å². The molecule has 1 aliphatic heterocycles. The van der Waals surface area contributed by atoms with Crippen LogP contribution in [0.15, 0.2) is 29.1 Å². The first-order valence-electron chi connectivity index (χ1n) is 9.31. The molecule has 29 heavy (non-hydrogen) atoms. The van der Waals surface area contributed by atoms with Gasteiger partial charge in [-0.1, -0.05) is 0 Å². The van der Waals surface area contributed by atoms with Gasteiger partial charge < -0.3 is 28.4 Å². The lowest BCUT2D eigenvalue weighted by molar-refractivity contribution is 0.0771. The molecular formula is C21H26N2O6. The maximum atomic E-state index is 13.0. The molecule has 0 radical (unpaired) electrons. The van der Waals surface area contributed by atoms with Gasteiger partial charge in [-0.05, 0) is 25.1 Å². The average Bonchev–Trinajstić information content (AvgIpc) is 3.18. The second-order valence-corrected chi connectivity index (χ2v) is 6.92. The van der Waals surface area contributed by atoms with Gasteiger partial charge in [-0.2, -0.15) is 0 Å². The number of likely N-dealkylation sites (tertiary alicyclic amines) is 1. The van der Waals surface area contributed by atoms with E-state index in [0.29, 0.717) is 48.1 Å². The zero-order chi connectivity index (χ0) is 21.1. The van der Waals surface area contributed by atoms with Crippen molar-refractivity contribution in [2.24, 2.45) is 7.05 Å². The van der Waals surface area contributed by atoms with Gasteiger partial charge in [0.2, 0.25) is 5.75 Å². The van der Waals surface area contributed by atoms with Gasteiger partial charge in [0, 0.05) is 37.3 Å². The predicted octanol–water partition coefficient (Wildman–Crippen LogP) is 2.01. The summed E-state index contributed by atoms with van der Waals surface area (Å²) in [5.74, 6) is 1.68. The molecule has 1 atom stereocenters. The molecule has 8 nitrogen and oxygen atoms in total. The van der Waals surface area contributed by atoms with E-state index in [1.807, 2.05) is 13.0 Å². The molecule has 2 heterocycles. The Labute approximate surface area is 169 Å². The van der Waals surface area contributed by atoms with Gasteiger partial charge in [-0.15, -0.1) is 0 Å². The summed E-state index contributed by atoms with van der Waals surface area (Å²) in [7, 11) is 6.26. The van der Waals surface area contributed by atoms with Crippen LogP contribution in [0.1, 0.15) is 22.5 Å². The predicted molar refractivity (Wildman–Crippen MR) is 107 cm³/mol. The SMILES string of the molecule is COc1cc(C(=O)N2CCC(Oc3cc(C)n(C)c(=O)c3)C2)cc(OC)c1OC. The molecule has 1 aliphatic rings. The van der Waals surface area contributed by atoms with Crippen molar-refractivity contribution < 1.29 is 23.7 Å². The summed E-state index contributed by atoms with van der Waals surface area (Å²) in [6, 6.07) is 6.58. The molecule has 1 amide bonds. The Morgan fingerprint density at radius 2 is 1.69 bits per heavy atom. The first-order valence-corrected chi connectivity index (χ1v) is 9.31. The van der Waals surface area contributed by atoms with Crippen LogP contribution in [-0.4, -0.2) is 55.9 Å². The van der Waals surface area contributed by atoms with E-state index < -0.39 is 0 Å². The van der Waals surface area contributed by atoms with Crippen molar-refractivity contribution in [2.75, 3.05) is 34.4 Å². The summed E-state index contributed by atoms with van der Waals surface area (Å²) in [5.41, 5.74) is 1.14. The number of rotatable bonds is 6. The maximum Gasteiger partial charge on any atom is 0.254 e. The third-order valence-electron chi connectivity index (χ3n) is 5.12. The van der Waals surface area contributed by atoms with E-state index in [1.165, 1.54) is 27.4 Å². The smallest absolute Gasteiger partial charge is 0.254 e. The van der Waals surface area contributed by atoms with Gasteiger partial charge in [0.25, 0.3) is 11.5 Å². The molecule has 1 saturated heterocycles. The van der Waals surface area contributed by atoms with Gasteiger partial charge >= 0.3 is 0 Å². The van der Waals surface area contributed by atoms with Crippen LogP contribution in [0.3, 0.4) is 0 Å². The van der Waals surface area contributed by atoms with Crippen molar-refractivity contribution in [2.45, 2.75) is 19.4 Å². The molecule has 8 heteroatoms. The highest BCUT2D eigenvalue weighted by Crippen LogP contribution is 2.38. The average molecular weight is 402 g/mol. The molecule has 1 fully saturated rings. The second-order valence-electron chi connectivity index (χ2n) is 6.92. The molecule has 0 bridgehead atoms. The van der Waals surface area contributed by atoms with Gasteiger partial charge in [-0.25, -0.2) is 0 Å². The first kappa shape index (κ1) is 20.6. The Balaban J connectivity index is 1.75. The number of hydrogen-bond acceptors (Lipinski definition) is 6. The third kappa shape index (κ3) is 4.16. The molecule has 0 aliphatic carbocycles. The molecule has 2 aromatic rings. The van der Waals surface area contributed by atoms with Crippen LogP contribution < -0.4 is 24.5 Å². The molecule has 3 rings (SSSR count). The summed E-state index contributed by atoms with van der Waals surface area (Å²) in [4.78, 5) is 26.7. The molecule has 1 aromatic carbocycles. The van der Waals surface area contributed by atoms with Crippen molar-refractivity contribution in [3.63, 3.8) is 0 Å². The van der Waals surface area contributed by atoms with E-state index in [1.54, 1.807) is 28.6 Å². The Hall–Kier alpha value is -3.16. The zero-order valence-corrected chi connectivity index (χ0v) is 17.4. The largest absolute Gasteiger partial charge is 0.493 e. The minimum Gasteiger partial charge on any atom is -0.493 e. The topological polar surface area (TPSA) is 79.2 Å². The van der Waals surface area contributed by atoms with Crippen LogP contribution in [0, 0.1) is 6.92 Å². The molecule has 1 unspecified atom stereocenters. The molecule has 0 spiro atoms. The fourth-order valence-electron chi connectivity index (χ4n) is 3.39. The van der Waals surface area contributed by atoms with E-state index in [0.717, 1.165) is 5.69 Å². The van der Waals surface area contributed by atoms with Crippen LogP contribution in [0.2, 0.25) is 0 Å². The molecule has 0 saturated carbocycles. The summed E-state index contributed by atoms with van der Waals surface area (Å²) in [6.45, 7) is 2.84. The van der Waals surface area contributed by atoms with Gasteiger partial charge in [0.05, 0.1) is 27.9 Å². The van der Waals surface area contributed by atoms with Crippen molar-refractivity contribution in [3.05, 3.63) is 45.9 Å². The first-order chi connectivity index (χ1) is 13.9. The van der Waals surface area contributed by atoms with Crippen molar-refractivity contribution in [1.82, 2.24) is 9.47 Å². The molecular weight excluding hydrogens is 376 g/mol. The van der Waals surface area contributed by atoms with Gasteiger partial charge in [0.1, 0.15) is 11.9 Å². The summed E-state index contributed by atoms with van der Waals surface area (Å²) in [5, 5.41) is 0. The second kappa shape index (κ2) is 8.46. The minimum absolute atomic E-state index is 0.122. The molecule has 1 aromatic heterocycles. The maximum absolute atomic E-state index is 13.0. The lowest BCUT2D eigenvalue weighted by Crippen LogP contribution is -2.31. The monoisotopic (exact) mass is 402 g/mol. The van der Waals surface area contributed by atoms with Crippen molar-refractivity contribution >= 4 is 5.91 Å². The fourth-order valence-corrected chi connectivity index (χ4v) is 3.39. The third-order valence-corrected chi connectivity index (χ3v) is 5.12. The van der Waals surface area contributed by atoms with E-state index in [4.69, 9.17) is 18.9 Å². The van der Waals surface area contributed by atoms with Crippen molar-refractivity contribution in [1.29, 1.82) is 0 Å². The lowest BCUT2D eigenvalue weighted by atomic mass is 10.1. The number of carbonyl (C=O) groups excluding carboxylic acids is 1. The molecule has 156 valence electrons. The van der Waals surface area contributed by atoms with Crippen molar-refractivity contribution in [3.8, 4) is 23.0 Å². The highest BCUT2D eigenvalue weighted by Gasteiger charge is 2.29. The number of methoxy groups -OCH3 is 3. The number of aromatic nitrogens is 1. The standard InChI is InChI=1S/C21H26N2O6/c1-13-8-16(11-19(24)22(13)2)29-15-6-7-23(12-15)21(25)14-9-17(26-3)20(28-5)18(10-14)27-4/h8-11,15H,6-7,12H2,1-5H3. The van der Waals surface area contributed by atoms with Crippen LogP contribution in [0.5, 0.6) is 23.0 Å². The number of pyridine rings is 1. The van der Waals surface area contributed by atoms with E-state index in [-0.39, 0.29) is 17.6 Å².